The van der Waals surface area contributed by atoms with Gasteiger partial charge >= 0.3 is 6.03 Å². The number of hydrogen-bond donors (Lipinski definition) is 2. The molecule has 0 unspecified atom stereocenters. The van der Waals surface area contributed by atoms with Gasteiger partial charge in [-0.15, -0.1) is 0 Å². The maximum absolute atomic E-state index is 12.9. The first kappa shape index (κ1) is 18.5. The molecule has 3 rings (SSSR count). The Bertz CT molecular complexity index is 891. The van der Waals surface area contributed by atoms with Gasteiger partial charge in [-0.1, -0.05) is 18.2 Å². The van der Waals surface area contributed by atoms with Gasteiger partial charge in [-0.2, -0.15) is 5.26 Å². The number of anilines is 1. The third-order valence-corrected chi connectivity index (χ3v) is 5.03. The van der Waals surface area contributed by atoms with Gasteiger partial charge in [0.2, 0.25) is 0 Å². The van der Waals surface area contributed by atoms with Gasteiger partial charge in [0.05, 0.1) is 11.6 Å². The Labute approximate surface area is 158 Å². The molecule has 1 aliphatic heterocycles. The summed E-state index contributed by atoms with van der Waals surface area (Å²) in [6.07, 6.45) is 1.77. The second kappa shape index (κ2) is 7.92. The van der Waals surface area contributed by atoms with Crippen LogP contribution < -0.4 is 11.1 Å². The third kappa shape index (κ3) is 4.26. The number of urea groups is 1. The van der Waals surface area contributed by atoms with Crippen LogP contribution in [0.25, 0.3) is 0 Å². The van der Waals surface area contributed by atoms with Crippen LogP contribution in [0.3, 0.4) is 0 Å². The van der Waals surface area contributed by atoms with E-state index in [0.717, 1.165) is 18.4 Å². The first-order valence-electron chi connectivity index (χ1n) is 8.94. The second-order valence-electron chi connectivity index (χ2n) is 6.82. The normalized spacial score (nSPS) is 14.4. The molecule has 0 bridgehead atoms. The smallest absolute Gasteiger partial charge is 0.316 e. The molecular formula is C21H22N4O2. The highest BCUT2D eigenvalue weighted by atomic mass is 16.2. The lowest BCUT2D eigenvalue weighted by Gasteiger charge is -2.32. The van der Waals surface area contributed by atoms with Gasteiger partial charge in [0.1, 0.15) is 0 Å². The molecule has 6 heteroatoms. The lowest BCUT2D eigenvalue weighted by Crippen LogP contribution is -2.38. The molecule has 0 saturated carbocycles. The molecule has 1 fully saturated rings. The van der Waals surface area contributed by atoms with Gasteiger partial charge in [-0.05, 0) is 61.1 Å². The van der Waals surface area contributed by atoms with Crippen LogP contribution in [-0.2, 0) is 0 Å². The minimum atomic E-state index is -0.652. The van der Waals surface area contributed by atoms with Gasteiger partial charge in [-0.3, -0.25) is 4.79 Å². The molecule has 0 atom stereocenters. The Kier molecular flexibility index (Phi) is 5.41. The molecule has 3 N–H and O–H groups in total. The van der Waals surface area contributed by atoms with Crippen LogP contribution in [0.5, 0.6) is 0 Å². The summed E-state index contributed by atoms with van der Waals surface area (Å²) in [5.74, 6) is 0.365. The van der Waals surface area contributed by atoms with Crippen molar-refractivity contribution in [2.45, 2.75) is 25.7 Å². The van der Waals surface area contributed by atoms with E-state index in [4.69, 9.17) is 11.0 Å². The number of piperidine rings is 1. The molecule has 0 aromatic heterocycles. The van der Waals surface area contributed by atoms with Crippen LogP contribution in [0, 0.1) is 18.3 Å². The lowest BCUT2D eigenvalue weighted by molar-refractivity contribution is 0.0712. The summed E-state index contributed by atoms with van der Waals surface area (Å²) in [5.41, 5.74) is 8.99. The summed E-state index contributed by atoms with van der Waals surface area (Å²) < 4.78 is 0. The van der Waals surface area contributed by atoms with E-state index in [1.54, 1.807) is 12.1 Å². The number of carbonyl (C=O) groups excluding carboxylic acids is 2. The highest BCUT2D eigenvalue weighted by Crippen LogP contribution is 2.29. The number of nitrogens with two attached hydrogens (primary N) is 1. The Hall–Kier alpha value is -3.33. The molecule has 6 nitrogen and oxygen atoms in total. The molecular weight excluding hydrogens is 340 g/mol. The minimum Gasteiger partial charge on any atom is -0.351 e. The number of hydrogen-bond acceptors (Lipinski definition) is 3. The summed E-state index contributed by atoms with van der Waals surface area (Å²) in [6.45, 7) is 3.23. The number of carbonyl (C=O) groups is 2. The Morgan fingerprint density at radius 1 is 1.15 bits per heavy atom. The number of primary amides is 1. The summed E-state index contributed by atoms with van der Waals surface area (Å²) in [7, 11) is 0. The average molecular weight is 362 g/mol. The van der Waals surface area contributed by atoms with E-state index in [0.29, 0.717) is 35.8 Å². The van der Waals surface area contributed by atoms with Crippen molar-refractivity contribution in [3.8, 4) is 6.07 Å². The van der Waals surface area contributed by atoms with E-state index < -0.39 is 6.03 Å². The van der Waals surface area contributed by atoms with Crippen LogP contribution in [0.1, 0.15) is 45.8 Å². The van der Waals surface area contributed by atoms with E-state index in [9.17, 15) is 9.59 Å². The Morgan fingerprint density at radius 2 is 1.81 bits per heavy atom. The van der Waals surface area contributed by atoms with Crippen LogP contribution in [0.2, 0.25) is 0 Å². The van der Waals surface area contributed by atoms with Crippen molar-refractivity contribution in [3.05, 3.63) is 64.7 Å². The number of aryl methyl sites for hydroxylation is 1. The number of likely N-dealkylation sites (tertiary alicyclic amines) is 1. The maximum Gasteiger partial charge on any atom is 0.316 e. The SMILES string of the molecule is Cc1ccc(NC(N)=O)cc1C(=O)N1CCC(c2ccc(C#N)cc2)CC1. The Morgan fingerprint density at radius 3 is 2.41 bits per heavy atom. The monoisotopic (exact) mass is 362 g/mol. The van der Waals surface area contributed by atoms with Crippen LogP contribution in [-0.4, -0.2) is 29.9 Å². The van der Waals surface area contributed by atoms with Crippen molar-refractivity contribution in [3.63, 3.8) is 0 Å². The third-order valence-electron chi connectivity index (χ3n) is 5.03. The predicted molar refractivity (Wildman–Crippen MR) is 103 cm³/mol. The molecule has 2 aromatic rings. The average Bonchev–Trinajstić information content (AvgIpc) is 2.69. The lowest BCUT2D eigenvalue weighted by atomic mass is 9.88. The highest BCUT2D eigenvalue weighted by molar-refractivity contribution is 5.98. The number of nitriles is 1. The summed E-state index contributed by atoms with van der Waals surface area (Å²) in [6, 6.07) is 14.4. The highest BCUT2D eigenvalue weighted by Gasteiger charge is 2.25. The van der Waals surface area contributed by atoms with Crippen molar-refractivity contribution in [1.29, 1.82) is 5.26 Å². The van der Waals surface area contributed by atoms with E-state index in [1.165, 1.54) is 5.56 Å². The summed E-state index contributed by atoms with van der Waals surface area (Å²) >= 11 is 0. The van der Waals surface area contributed by atoms with Crippen LogP contribution >= 0.6 is 0 Å². The fourth-order valence-corrected chi connectivity index (χ4v) is 3.49. The van der Waals surface area contributed by atoms with Crippen LogP contribution in [0.4, 0.5) is 10.5 Å². The zero-order chi connectivity index (χ0) is 19.4. The molecule has 0 radical (unpaired) electrons. The largest absolute Gasteiger partial charge is 0.351 e. The number of amides is 3. The summed E-state index contributed by atoms with van der Waals surface area (Å²) in [4.78, 5) is 25.8. The molecule has 3 amide bonds. The molecule has 1 aliphatic rings. The van der Waals surface area contributed by atoms with Gasteiger partial charge in [0.25, 0.3) is 5.91 Å². The van der Waals surface area contributed by atoms with Gasteiger partial charge < -0.3 is 16.0 Å². The number of nitrogens with one attached hydrogen (secondary N) is 1. The van der Waals surface area contributed by atoms with Crippen molar-refractivity contribution in [2.24, 2.45) is 5.73 Å². The van der Waals surface area contributed by atoms with E-state index in [1.807, 2.05) is 42.2 Å². The standard InChI is InChI=1S/C21H22N4O2/c1-14-2-7-18(24-21(23)27)12-19(14)20(26)25-10-8-17(9-11-25)16-5-3-15(13-22)4-6-16/h2-7,12,17H,8-11H2,1H3,(H3,23,24,27). The molecule has 27 heavy (non-hydrogen) atoms. The first-order chi connectivity index (χ1) is 13.0. The molecule has 138 valence electrons. The van der Waals surface area contributed by atoms with Gasteiger partial charge in [0.15, 0.2) is 0 Å². The zero-order valence-corrected chi connectivity index (χ0v) is 15.2. The molecule has 0 spiro atoms. The molecule has 2 aromatic carbocycles. The van der Waals surface area contributed by atoms with Gasteiger partial charge in [0, 0.05) is 24.3 Å². The second-order valence-corrected chi connectivity index (χ2v) is 6.82. The predicted octanol–water partition coefficient (Wildman–Crippen LogP) is 3.38. The van der Waals surface area contributed by atoms with Crippen LogP contribution in [0.15, 0.2) is 42.5 Å². The number of benzene rings is 2. The fraction of sp³-hybridized carbons (Fsp3) is 0.286. The van der Waals surface area contributed by atoms with E-state index in [-0.39, 0.29) is 5.91 Å². The summed E-state index contributed by atoms with van der Waals surface area (Å²) in [5, 5.41) is 11.4. The van der Waals surface area contributed by atoms with Crippen molar-refractivity contribution < 1.29 is 9.59 Å². The molecule has 1 heterocycles. The zero-order valence-electron chi connectivity index (χ0n) is 15.2. The maximum atomic E-state index is 12.9. The quantitative estimate of drug-likeness (QED) is 0.875. The van der Waals surface area contributed by atoms with Crippen molar-refractivity contribution in [2.75, 3.05) is 18.4 Å². The number of nitrogens with zero attached hydrogens (tertiary/aromatic N) is 2. The Balaban J connectivity index is 1.67. The molecule has 1 saturated heterocycles. The topological polar surface area (TPSA) is 99.2 Å². The minimum absolute atomic E-state index is 0.0288. The van der Waals surface area contributed by atoms with Crippen molar-refractivity contribution >= 4 is 17.6 Å². The van der Waals surface area contributed by atoms with E-state index in [2.05, 4.69) is 11.4 Å². The van der Waals surface area contributed by atoms with E-state index >= 15 is 0 Å². The van der Waals surface area contributed by atoms with Gasteiger partial charge in [-0.25, -0.2) is 4.79 Å². The molecule has 0 aliphatic carbocycles. The number of rotatable bonds is 3. The first-order valence-corrected chi connectivity index (χ1v) is 8.94. The van der Waals surface area contributed by atoms with Crippen molar-refractivity contribution in [1.82, 2.24) is 4.90 Å². The fourth-order valence-electron chi connectivity index (χ4n) is 3.49.